The van der Waals surface area contributed by atoms with Crippen LogP contribution in [0.25, 0.3) is 0 Å². The molecule has 0 aromatic heterocycles. The third kappa shape index (κ3) is 6.21. The first-order valence-corrected chi connectivity index (χ1v) is 9.94. The summed E-state index contributed by atoms with van der Waals surface area (Å²) >= 11 is 0. The maximum absolute atomic E-state index is 12.4. The summed E-state index contributed by atoms with van der Waals surface area (Å²) in [5, 5.41) is 24.4. The molecule has 3 atom stereocenters. The number of aliphatic hydroxyl groups is 2. The summed E-state index contributed by atoms with van der Waals surface area (Å²) in [6.45, 7) is -0.414. The van der Waals surface area contributed by atoms with Gasteiger partial charge in [0.1, 0.15) is 5.75 Å². The van der Waals surface area contributed by atoms with Crippen LogP contribution in [0.1, 0.15) is 36.1 Å². The van der Waals surface area contributed by atoms with E-state index in [-0.39, 0.29) is 24.4 Å². The molecule has 2 aromatic rings. The van der Waals surface area contributed by atoms with Crippen molar-refractivity contribution in [2.75, 3.05) is 26.2 Å². The van der Waals surface area contributed by atoms with E-state index in [1.165, 1.54) is 12.1 Å². The lowest BCUT2D eigenvalue weighted by molar-refractivity contribution is -0.0498. The minimum absolute atomic E-state index is 0.0533. The summed E-state index contributed by atoms with van der Waals surface area (Å²) in [6.07, 6.45) is 1.39. The molecular weight excluding hydrogens is 378 g/mol. The van der Waals surface area contributed by atoms with Crippen LogP contribution in [0.15, 0.2) is 54.6 Å². The smallest absolute Gasteiger partial charge is 0.387 e. The minimum atomic E-state index is -2.88. The maximum Gasteiger partial charge on any atom is 0.387 e. The van der Waals surface area contributed by atoms with E-state index >= 15 is 0 Å². The van der Waals surface area contributed by atoms with E-state index in [0.717, 1.165) is 31.5 Å². The fourth-order valence-electron chi connectivity index (χ4n) is 3.76. The van der Waals surface area contributed by atoms with E-state index in [1.54, 1.807) is 12.1 Å². The highest BCUT2D eigenvalue weighted by molar-refractivity contribution is 5.29. The van der Waals surface area contributed by atoms with E-state index in [9.17, 15) is 19.0 Å². The van der Waals surface area contributed by atoms with Crippen molar-refractivity contribution in [1.82, 2.24) is 10.2 Å². The van der Waals surface area contributed by atoms with Crippen LogP contribution in [0.2, 0.25) is 0 Å². The molecule has 1 fully saturated rings. The van der Waals surface area contributed by atoms with Crippen LogP contribution < -0.4 is 10.1 Å². The lowest BCUT2D eigenvalue weighted by atomic mass is 9.99. The molecule has 0 bridgehead atoms. The zero-order valence-corrected chi connectivity index (χ0v) is 16.3. The molecule has 1 saturated heterocycles. The Morgan fingerprint density at radius 3 is 2.21 bits per heavy atom. The molecule has 158 valence electrons. The Morgan fingerprint density at radius 2 is 1.62 bits per heavy atom. The van der Waals surface area contributed by atoms with E-state index < -0.39 is 12.7 Å². The molecule has 3 N–H and O–H groups in total. The predicted octanol–water partition coefficient (Wildman–Crippen LogP) is 3.11. The number of rotatable bonds is 10. The molecule has 3 rings (SSSR count). The average molecular weight is 406 g/mol. The Labute approximate surface area is 169 Å². The van der Waals surface area contributed by atoms with Crippen LogP contribution in [0, 0.1) is 0 Å². The van der Waals surface area contributed by atoms with Gasteiger partial charge in [0.2, 0.25) is 0 Å². The maximum atomic E-state index is 12.4. The summed E-state index contributed by atoms with van der Waals surface area (Å²) in [7, 11) is 0. The fraction of sp³-hybridized carbons (Fsp3) is 0.455. The van der Waals surface area contributed by atoms with Crippen molar-refractivity contribution in [3.8, 4) is 5.75 Å². The van der Waals surface area contributed by atoms with Crippen molar-refractivity contribution in [2.45, 2.75) is 37.6 Å². The van der Waals surface area contributed by atoms with Gasteiger partial charge in [-0.3, -0.25) is 0 Å². The first kappa shape index (κ1) is 21.6. The predicted molar refractivity (Wildman–Crippen MR) is 107 cm³/mol. The Morgan fingerprint density at radius 1 is 0.966 bits per heavy atom. The van der Waals surface area contributed by atoms with E-state index in [0.29, 0.717) is 12.1 Å². The molecule has 0 spiro atoms. The van der Waals surface area contributed by atoms with Gasteiger partial charge in [-0.1, -0.05) is 42.5 Å². The number of nitrogens with zero attached hydrogens (tertiary/aromatic N) is 1. The Kier molecular flexibility index (Phi) is 7.94. The van der Waals surface area contributed by atoms with Gasteiger partial charge in [0, 0.05) is 6.54 Å². The number of nitrogens with one attached hydrogen (secondary N) is 1. The number of benzene rings is 2. The van der Waals surface area contributed by atoms with Gasteiger partial charge < -0.3 is 25.2 Å². The van der Waals surface area contributed by atoms with Crippen LogP contribution >= 0.6 is 0 Å². The van der Waals surface area contributed by atoms with Gasteiger partial charge >= 0.3 is 6.61 Å². The van der Waals surface area contributed by atoms with Crippen LogP contribution in [-0.4, -0.2) is 54.0 Å². The van der Waals surface area contributed by atoms with Crippen molar-refractivity contribution < 1.29 is 23.7 Å². The molecule has 1 heterocycles. The molecule has 7 heteroatoms. The van der Waals surface area contributed by atoms with Crippen molar-refractivity contribution >= 4 is 0 Å². The summed E-state index contributed by atoms with van der Waals surface area (Å²) in [4.78, 5) is 2.29. The second kappa shape index (κ2) is 10.6. The summed E-state index contributed by atoms with van der Waals surface area (Å²) in [5.41, 5.74) is 1.54. The highest BCUT2D eigenvalue weighted by atomic mass is 19.3. The molecule has 1 aliphatic rings. The second-order valence-corrected chi connectivity index (χ2v) is 7.32. The molecular formula is C22H28F2N2O3. The van der Waals surface area contributed by atoms with E-state index in [2.05, 4.69) is 15.0 Å². The van der Waals surface area contributed by atoms with Crippen LogP contribution in [0.5, 0.6) is 5.75 Å². The third-order valence-corrected chi connectivity index (χ3v) is 5.28. The minimum Gasteiger partial charge on any atom is -0.435 e. The first-order valence-electron chi connectivity index (χ1n) is 9.94. The lowest BCUT2D eigenvalue weighted by Crippen LogP contribution is -2.46. The van der Waals surface area contributed by atoms with Gasteiger partial charge in [0.05, 0.1) is 24.8 Å². The number of likely N-dealkylation sites (tertiary alicyclic amines) is 1. The van der Waals surface area contributed by atoms with Crippen molar-refractivity contribution in [1.29, 1.82) is 0 Å². The average Bonchev–Trinajstić information content (AvgIpc) is 3.24. The topological polar surface area (TPSA) is 65.0 Å². The molecule has 2 aromatic carbocycles. The number of hydrogen-bond acceptors (Lipinski definition) is 5. The Bertz CT molecular complexity index is 725. The highest BCUT2D eigenvalue weighted by Gasteiger charge is 2.27. The SMILES string of the molecule is OC[C@@H](N[C@H](CN1CCCC1)[C@H](O)c1ccc(OC(F)F)cc1)c1ccccc1. The van der Waals surface area contributed by atoms with Gasteiger partial charge in [-0.15, -0.1) is 0 Å². The molecule has 29 heavy (non-hydrogen) atoms. The zero-order chi connectivity index (χ0) is 20.6. The molecule has 0 amide bonds. The fourth-order valence-corrected chi connectivity index (χ4v) is 3.76. The van der Waals surface area contributed by atoms with Gasteiger partial charge in [-0.25, -0.2) is 0 Å². The van der Waals surface area contributed by atoms with Gasteiger partial charge in [0.15, 0.2) is 0 Å². The summed E-state index contributed by atoms with van der Waals surface area (Å²) < 4.78 is 29.1. The summed E-state index contributed by atoms with van der Waals surface area (Å²) in [5.74, 6) is 0.0533. The van der Waals surface area contributed by atoms with Crippen LogP contribution in [0.3, 0.4) is 0 Å². The normalized spacial score (nSPS) is 18.0. The standard InChI is InChI=1S/C22H28F2N2O3/c23-22(24)29-18-10-8-17(9-11-18)21(28)19(14-26-12-4-5-13-26)25-20(15-27)16-6-2-1-3-7-16/h1-3,6-11,19-22,25,27-28H,4-5,12-15H2/t19-,20-,21-/m1/s1. The lowest BCUT2D eigenvalue weighted by Gasteiger charge is -2.32. The van der Waals surface area contributed by atoms with Crippen molar-refractivity contribution in [2.24, 2.45) is 0 Å². The Hall–Kier alpha value is -2.06. The molecule has 1 aliphatic heterocycles. The molecule has 5 nitrogen and oxygen atoms in total. The molecule has 0 aliphatic carbocycles. The summed E-state index contributed by atoms with van der Waals surface area (Å²) in [6, 6.07) is 15.0. The molecule has 0 unspecified atom stereocenters. The second-order valence-electron chi connectivity index (χ2n) is 7.32. The largest absolute Gasteiger partial charge is 0.435 e. The van der Waals surface area contributed by atoms with Gasteiger partial charge in [-0.2, -0.15) is 8.78 Å². The third-order valence-electron chi connectivity index (χ3n) is 5.28. The number of alkyl halides is 2. The van der Waals surface area contributed by atoms with Gasteiger partial charge in [0.25, 0.3) is 0 Å². The monoisotopic (exact) mass is 406 g/mol. The van der Waals surface area contributed by atoms with Crippen molar-refractivity contribution in [3.05, 3.63) is 65.7 Å². The number of halogens is 2. The highest BCUT2D eigenvalue weighted by Crippen LogP contribution is 2.25. The Balaban J connectivity index is 1.76. The zero-order valence-electron chi connectivity index (χ0n) is 16.3. The first-order chi connectivity index (χ1) is 14.1. The number of hydrogen-bond donors (Lipinski definition) is 3. The molecule has 0 radical (unpaired) electrons. The van der Waals surface area contributed by atoms with Crippen molar-refractivity contribution in [3.63, 3.8) is 0 Å². The number of ether oxygens (including phenoxy) is 1. The quantitative estimate of drug-likeness (QED) is 0.566. The molecule has 0 saturated carbocycles. The van der Waals surface area contributed by atoms with E-state index in [4.69, 9.17) is 0 Å². The van der Waals surface area contributed by atoms with Gasteiger partial charge in [-0.05, 0) is 49.2 Å². The number of aliphatic hydroxyl groups excluding tert-OH is 2. The van der Waals surface area contributed by atoms with Crippen LogP contribution in [0.4, 0.5) is 8.78 Å². The van der Waals surface area contributed by atoms with Crippen LogP contribution in [-0.2, 0) is 0 Å². The van der Waals surface area contributed by atoms with E-state index in [1.807, 2.05) is 30.3 Å².